The molecule has 1 saturated heterocycles. The Morgan fingerprint density at radius 2 is 1.89 bits per heavy atom. The van der Waals surface area contributed by atoms with Crippen LogP contribution in [0.5, 0.6) is 5.75 Å². The van der Waals surface area contributed by atoms with Crippen LogP contribution in [-0.2, 0) is 4.79 Å². The average molecular weight is 531 g/mol. The molecule has 4 aromatic rings. The minimum Gasteiger partial charge on any atom is -0.507 e. The van der Waals surface area contributed by atoms with E-state index in [1.165, 1.54) is 28.7 Å². The van der Waals surface area contributed by atoms with Crippen LogP contribution in [0.25, 0.3) is 21.5 Å². The van der Waals surface area contributed by atoms with Gasteiger partial charge < -0.3 is 19.6 Å². The number of hydrogen-bond acceptors (Lipinski definition) is 8. The minimum atomic E-state index is -0.878. The fourth-order valence-corrected chi connectivity index (χ4v) is 7.81. The Morgan fingerprint density at radius 1 is 1.13 bits per heavy atom. The maximum atomic E-state index is 11.7. The number of benzene rings is 1. The van der Waals surface area contributed by atoms with Crippen LogP contribution in [0.15, 0.2) is 40.9 Å². The summed E-state index contributed by atoms with van der Waals surface area (Å²) in [6.45, 7) is 5.62. The fraction of sp³-hybridized carbons (Fsp3) is 0.448. The molecule has 196 valence electrons. The number of rotatable bonds is 7. The second-order valence-corrected chi connectivity index (χ2v) is 12.8. The number of phenolic OH excluding ortho intramolecular Hbond substituents is 1. The van der Waals surface area contributed by atoms with Crippen molar-refractivity contribution in [3.63, 3.8) is 0 Å². The van der Waals surface area contributed by atoms with E-state index in [0.717, 1.165) is 42.3 Å². The van der Waals surface area contributed by atoms with Crippen LogP contribution in [0.3, 0.4) is 0 Å². The predicted octanol–water partition coefficient (Wildman–Crippen LogP) is 6.14. The summed E-state index contributed by atoms with van der Waals surface area (Å²) in [5, 5.41) is 34.3. The van der Waals surface area contributed by atoms with E-state index in [9.17, 15) is 15.0 Å². The fourth-order valence-electron chi connectivity index (χ4n) is 6.52. The molecular formula is C29H30N4O4S. The highest BCUT2D eigenvalue weighted by Gasteiger charge is 2.54. The van der Waals surface area contributed by atoms with Gasteiger partial charge in [-0.25, -0.2) is 0 Å². The van der Waals surface area contributed by atoms with Crippen LogP contribution in [-0.4, -0.2) is 44.6 Å². The van der Waals surface area contributed by atoms with Gasteiger partial charge in [-0.05, 0) is 67.2 Å². The number of aromatic hydroxyl groups is 1. The topological polar surface area (TPSA) is 113 Å². The van der Waals surface area contributed by atoms with Crippen LogP contribution >= 0.6 is 11.3 Å². The lowest BCUT2D eigenvalue weighted by molar-refractivity contribution is -0.140. The quantitative estimate of drug-likeness (QED) is 0.293. The maximum absolute atomic E-state index is 11.7. The molecule has 1 aromatic carbocycles. The predicted molar refractivity (Wildman–Crippen MR) is 145 cm³/mol. The van der Waals surface area contributed by atoms with E-state index in [0.29, 0.717) is 23.2 Å². The highest BCUT2D eigenvalue weighted by Crippen LogP contribution is 2.61. The van der Waals surface area contributed by atoms with E-state index < -0.39 is 11.9 Å². The van der Waals surface area contributed by atoms with Gasteiger partial charge in [0.25, 0.3) is 0 Å². The first-order valence-electron chi connectivity index (χ1n) is 13.3. The molecule has 2 aliphatic carbocycles. The standard InChI is InChI=1S/C29H30N4O4S/c1-15(2)24(28(35)36)22-10-23(32-37-22)33-13-29(14-33)11-17(12-29)26-25(16-7-8-16)19-9-20(30-31-27(19)38-26)18-5-3-4-6-21(18)34/h3-6,9-10,15-17,24,34H,7-8,11-14H2,1-2H3,(H,35,36). The third-order valence-corrected chi connectivity index (χ3v) is 9.82. The van der Waals surface area contributed by atoms with Crippen molar-refractivity contribution in [2.45, 2.75) is 57.3 Å². The number of aromatic nitrogens is 3. The molecule has 0 amide bonds. The first-order valence-corrected chi connectivity index (χ1v) is 14.2. The van der Waals surface area contributed by atoms with E-state index in [1.54, 1.807) is 23.5 Å². The summed E-state index contributed by atoms with van der Waals surface area (Å²) in [5.41, 5.74) is 3.18. The molecule has 1 atom stereocenters. The highest BCUT2D eigenvalue weighted by atomic mass is 32.1. The number of carboxylic acid groups (broad SMARTS) is 1. The van der Waals surface area contributed by atoms with Crippen LogP contribution in [0, 0.1) is 11.3 Å². The number of fused-ring (bicyclic) bond motifs is 1. The van der Waals surface area contributed by atoms with Gasteiger partial charge in [-0.15, -0.1) is 21.5 Å². The molecule has 0 bridgehead atoms. The second-order valence-electron chi connectivity index (χ2n) is 11.7. The third-order valence-electron chi connectivity index (χ3n) is 8.55. The van der Waals surface area contributed by atoms with Gasteiger partial charge in [0.2, 0.25) is 0 Å². The van der Waals surface area contributed by atoms with E-state index in [2.05, 4.69) is 26.3 Å². The number of carbonyl (C=O) groups is 1. The van der Waals surface area contributed by atoms with Crippen LogP contribution in [0.4, 0.5) is 5.82 Å². The lowest BCUT2D eigenvalue weighted by atomic mass is 9.57. The van der Waals surface area contributed by atoms with Crippen LogP contribution < -0.4 is 4.90 Å². The number of para-hydroxylation sites is 1. The summed E-state index contributed by atoms with van der Waals surface area (Å²) in [4.78, 5) is 16.3. The Bertz CT molecular complexity index is 1540. The zero-order valence-corrected chi connectivity index (χ0v) is 22.2. The summed E-state index contributed by atoms with van der Waals surface area (Å²) in [6.07, 6.45) is 4.73. The Balaban J connectivity index is 1.09. The Hall–Kier alpha value is -3.46. The van der Waals surface area contributed by atoms with Crippen LogP contribution in [0.2, 0.25) is 0 Å². The number of aliphatic carboxylic acids is 1. The van der Waals surface area contributed by atoms with Crippen molar-refractivity contribution < 1.29 is 19.5 Å². The molecular weight excluding hydrogens is 500 g/mol. The molecule has 9 heteroatoms. The van der Waals surface area contributed by atoms with Crippen molar-refractivity contribution in [1.82, 2.24) is 15.4 Å². The maximum Gasteiger partial charge on any atom is 0.314 e. The number of anilines is 1. The van der Waals surface area contributed by atoms with Gasteiger partial charge in [-0.2, -0.15) is 0 Å². The van der Waals surface area contributed by atoms with Crippen molar-refractivity contribution in [1.29, 1.82) is 0 Å². The zero-order chi connectivity index (χ0) is 26.2. The molecule has 1 spiro atoms. The lowest BCUT2D eigenvalue weighted by Gasteiger charge is -2.59. The number of phenols is 1. The largest absolute Gasteiger partial charge is 0.507 e. The van der Waals surface area contributed by atoms with Gasteiger partial charge >= 0.3 is 5.97 Å². The Morgan fingerprint density at radius 3 is 2.58 bits per heavy atom. The summed E-state index contributed by atoms with van der Waals surface area (Å²) in [6, 6.07) is 11.2. The first-order chi connectivity index (χ1) is 18.3. The van der Waals surface area contributed by atoms with Crippen molar-refractivity contribution in [2.75, 3.05) is 18.0 Å². The molecule has 1 aliphatic heterocycles. The van der Waals surface area contributed by atoms with Crippen molar-refractivity contribution in [2.24, 2.45) is 11.3 Å². The molecule has 3 aromatic heterocycles. The number of thiophene rings is 1. The zero-order valence-electron chi connectivity index (χ0n) is 21.4. The van der Waals surface area contributed by atoms with E-state index >= 15 is 0 Å². The van der Waals surface area contributed by atoms with Crippen LogP contribution in [0.1, 0.15) is 73.5 Å². The monoisotopic (exact) mass is 530 g/mol. The molecule has 4 heterocycles. The number of carboxylic acids is 1. The normalized spacial score (nSPS) is 19.6. The van der Waals surface area contributed by atoms with Gasteiger partial charge in [0.15, 0.2) is 11.6 Å². The SMILES string of the molecule is CC(C)C(C(=O)O)c1cc(N2CC3(CC(c4sc5nnc(-c6ccccc6O)cc5c4C4CC4)C3)C2)no1. The molecule has 3 fully saturated rings. The Labute approximate surface area is 224 Å². The molecule has 3 aliphatic rings. The first kappa shape index (κ1) is 23.6. The number of hydrogen-bond donors (Lipinski definition) is 2. The summed E-state index contributed by atoms with van der Waals surface area (Å²) >= 11 is 1.80. The van der Waals surface area contributed by atoms with E-state index in [-0.39, 0.29) is 17.1 Å². The average Bonchev–Trinajstić information content (AvgIpc) is 3.43. The molecule has 2 N–H and O–H groups in total. The summed E-state index contributed by atoms with van der Waals surface area (Å²) in [5.74, 6) is 0.912. The molecule has 7 rings (SSSR count). The van der Waals surface area contributed by atoms with Gasteiger partial charge in [0, 0.05) is 40.4 Å². The smallest absolute Gasteiger partial charge is 0.314 e. The van der Waals surface area contributed by atoms with E-state index in [1.807, 2.05) is 32.0 Å². The van der Waals surface area contributed by atoms with E-state index in [4.69, 9.17) is 4.52 Å². The van der Waals surface area contributed by atoms with Gasteiger partial charge in [0.1, 0.15) is 16.5 Å². The molecule has 8 nitrogen and oxygen atoms in total. The van der Waals surface area contributed by atoms with Gasteiger partial charge in [0.05, 0.1) is 5.69 Å². The van der Waals surface area contributed by atoms with Crippen molar-refractivity contribution in [3.8, 4) is 17.0 Å². The van der Waals surface area contributed by atoms with Gasteiger partial charge in [-0.1, -0.05) is 31.1 Å². The number of nitrogens with zero attached hydrogens (tertiary/aromatic N) is 4. The lowest BCUT2D eigenvalue weighted by Crippen LogP contribution is -2.62. The second kappa shape index (κ2) is 8.53. The van der Waals surface area contributed by atoms with Crippen molar-refractivity contribution >= 4 is 33.3 Å². The summed E-state index contributed by atoms with van der Waals surface area (Å²) in [7, 11) is 0. The minimum absolute atomic E-state index is 0.0652. The molecule has 1 unspecified atom stereocenters. The molecule has 2 saturated carbocycles. The Kier molecular flexibility index (Phi) is 5.30. The van der Waals surface area contributed by atoms with Crippen molar-refractivity contribution in [3.05, 3.63) is 52.6 Å². The highest BCUT2D eigenvalue weighted by molar-refractivity contribution is 7.19. The van der Waals surface area contributed by atoms with Gasteiger partial charge in [-0.3, -0.25) is 4.79 Å². The molecule has 38 heavy (non-hydrogen) atoms. The third kappa shape index (κ3) is 3.78. The molecule has 0 radical (unpaired) electrons. The summed E-state index contributed by atoms with van der Waals surface area (Å²) < 4.78 is 5.45.